The van der Waals surface area contributed by atoms with Gasteiger partial charge < -0.3 is 25.5 Å². The molecule has 0 fully saturated rings. The van der Waals surface area contributed by atoms with Gasteiger partial charge in [0, 0.05) is 31.9 Å². The van der Waals surface area contributed by atoms with E-state index >= 15 is 0 Å². The van der Waals surface area contributed by atoms with Crippen molar-refractivity contribution in [3.8, 4) is 0 Å². The summed E-state index contributed by atoms with van der Waals surface area (Å²) in [5.74, 6) is -2.00. The van der Waals surface area contributed by atoms with Gasteiger partial charge in [-0.3, -0.25) is 9.59 Å². The molecule has 1 heterocycles. The maximum Gasteiger partial charge on any atom is 0.292 e. The Morgan fingerprint density at radius 3 is 2.33 bits per heavy atom. The zero-order chi connectivity index (χ0) is 21.9. The number of nitrogens with one attached hydrogen (secondary N) is 2. The quantitative estimate of drug-likeness (QED) is 0.674. The van der Waals surface area contributed by atoms with E-state index in [0.29, 0.717) is 11.1 Å². The third-order valence-electron chi connectivity index (χ3n) is 5.01. The largest absolute Gasteiger partial charge is 0.502 e. The van der Waals surface area contributed by atoms with Gasteiger partial charge in [-0.1, -0.05) is 36.4 Å². The van der Waals surface area contributed by atoms with Crippen LogP contribution in [0.2, 0.25) is 0 Å². The molecule has 0 aliphatic carbocycles. The molecule has 3 N–H and O–H groups in total. The van der Waals surface area contributed by atoms with Crippen molar-refractivity contribution in [3.63, 3.8) is 0 Å². The Kier molecular flexibility index (Phi) is 6.07. The summed E-state index contributed by atoms with van der Waals surface area (Å²) < 4.78 is 13.1. The highest BCUT2D eigenvalue weighted by Gasteiger charge is 2.49. The van der Waals surface area contributed by atoms with Gasteiger partial charge in [-0.05, 0) is 37.4 Å². The normalized spacial score (nSPS) is 18.8. The van der Waals surface area contributed by atoms with E-state index in [0.717, 1.165) is 18.3 Å². The second-order valence-electron chi connectivity index (χ2n) is 7.49. The Hall–Kier alpha value is -3.39. The number of hydrogen-bond acceptors (Lipinski definition) is 5. The number of amides is 2. The smallest absolute Gasteiger partial charge is 0.292 e. The third kappa shape index (κ3) is 4.13. The first kappa shape index (κ1) is 21.3. The summed E-state index contributed by atoms with van der Waals surface area (Å²) in [4.78, 5) is 29.0. The van der Waals surface area contributed by atoms with Gasteiger partial charge in [0.2, 0.25) is 5.66 Å². The fourth-order valence-electron chi connectivity index (χ4n) is 3.41. The van der Waals surface area contributed by atoms with Crippen LogP contribution in [0, 0.1) is 5.82 Å². The molecule has 0 spiro atoms. The van der Waals surface area contributed by atoms with Gasteiger partial charge in [-0.2, -0.15) is 0 Å². The lowest BCUT2D eigenvalue weighted by Gasteiger charge is -2.43. The highest BCUT2D eigenvalue weighted by molar-refractivity contribution is 5.99. The van der Waals surface area contributed by atoms with Gasteiger partial charge in [0.15, 0.2) is 5.76 Å². The number of benzene rings is 2. The van der Waals surface area contributed by atoms with Crippen LogP contribution in [-0.4, -0.2) is 47.9 Å². The van der Waals surface area contributed by atoms with Gasteiger partial charge in [0.05, 0.1) is 0 Å². The van der Waals surface area contributed by atoms with E-state index in [9.17, 15) is 19.1 Å². The standard InChI is InChI=1S/C22H25FN4O3/c1-26(2)14-16-4-8-17(9-5-16)22(25-13-19(28)20(29)27(22)3)21(30)24-12-15-6-10-18(23)11-7-15/h4-11,13,25,28H,12,14H2,1-3H3,(H,24,30). The first-order valence-electron chi connectivity index (χ1n) is 9.46. The second kappa shape index (κ2) is 8.54. The Labute approximate surface area is 174 Å². The number of hydrogen-bond donors (Lipinski definition) is 3. The summed E-state index contributed by atoms with van der Waals surface area (Å²) in [6.07, 6.45) is 1.13. The number of carbonyl (C=O) groups is 2. The minimum Gasteiger partial charge on any atom is -0.502 e. The predicted molar refractivity (Wildman–Crippen MR) is 110 cm³/mol. The van der Waals surface area contributed by atoms with Crippen molar-refractivity contribution in [1.29, 1.82) is 0 Å². The minimum absolute atomic E-state index is 0.152. The van der Waals surface area contributed by atoms with Crippen LogP contribution in [0.25, 0.3) is 0 Å². The molecule has 1 aliphatic rings. The van der Waals surface area contributed by atoms with Gasteiger partial charge >= 0.3 is 0 Å². The third-order valence-corrected chi connectivity index (χ3v) is 5.01. The number of carbonyl (C=O) groups excluding carboxylic acids is 2. The summed E-state index contributed by atoms with van der Waals surface area (Å²) in [6.45, 7) is 0.881. The lowest BCUT2D eigenvalue weighted by atomic mass is 9.93. The zero-order valence-corrected chi connectivity index (χ0v) is 17.1. The van der Waals surface area contributed by atoms with Crippen molar-refractivity contribution in [2.45, 2.75) is 18.8 Å². The molecule has 0 bridgehead atoms. The Morgan fingerprint density at radius 1 is 1.13 bits per heavy atom. The van der Waals surface area contributed by atoms with Crippen molar-refractivity contribution in [1.82, 2.24) is 20.4 Å². The fourth-order valence-corrected chi connectivity index (χ4v) is 3.41. The Morgan fingerprint density at radius 2 is 1.73 bits per heavy atom. The Balaban J connectivity index is 1.93. The van der Waals surface area contributed by atoms with Crippen molar-refractivity contribution in [2.24, 2.45) is 0 Å². The van der Waals surface area contributed by atoms with E-state index in [4.69, 9.17) is 0 Å². The van der Waals surface area contributed by atoms with Gasteiger partial charge in [0.25, 0.3) is 11.8 Å². The number of halogens is 1. The predicted octanol–water partition coefficient (Wildman–Crippen LogP) is 1.82. The van der Waals surface area contributed by atoms with Crippen molar-refractivity contribution in [2.75, 3.05) is 21.1 Å². The summed E-state index contributed by atoms with van der Waals surface area (Å²) in [6, 6.07) is 13.1. The highest BCUT2D eigenvalue weighted by atomic mass is 19.1. The summed E-state index contributed by atoms with van der Waals surface area (Å²) in [5.41, 5.74) is 0.763. The first-order valence-corrected chi connectivity index (χ1v) is 9.46. The van der Waals surface area contributed by atoms with Crippen LogP contribution in [0.5, 0.6) is 0 Å². The molecule has 0 aromatic heterocycles. The van der Waals surface area contributed by atoms with Crippen LogP contribution in [0.4, 0.5) is 4.39 Å². The zero-order valence-electron chi connectivity index (χ0n) is 17.1. The summed E-state index contributed by atoms with van der Waals surface area (Å²) in [7, 11) is 5.37. The van der Waals surface area contributed by atoms with Crippen molar-refractivity contribution in [3.05, 3.63) is 83.0 Å². The van der Waals surface area contributed by atoms with Crippen LogP contribution in [0.1, 0.15) is 16.7 Å². The second-order valence-corrected chi connectivity index (χ2v) is 7.49. The molecule has 0 radical (unpaired) electrons. The molecular weight excluding hydrogens is 387 g/mol. The summed E-state index contributed by atoms with van der Waals surface area (Å²) in [5, 5.41) is 15.5. The van der Waals surface area contributed by atoms with Gasteiger partial charge in [-0.25, -0.2) is 4.39 Å². The molecule has 8 heteroatoms. The molecule has 2 amide bonds. The van der Waals surface area contributed by atoms with E-state index in [1.54, 1.807) is 24.3 Å². The van der Waals surface area contributed by atoms with Crippen molar-refractivity contribution < 1.29 is 19.1 Å². The lowest BCUT2D eigenvalue weighted by Crippen LogP contribution is -2.65. The fraction of sp³-hybridized carbons (Fsp3) is 0.273. The molecule has 2 aromatic rings. The molecule has 1 unspecified atom stereocenters. The molecule has 0 saturated carbocycles. The molecule has 0 saturated heterocycles. The van der Waals surface area contributed by atoms with E-state index in [-0.39, 0.29) is 12.4 Å². The molecule has 3 rings (SSSR count). The van der Waals surface area contributed by atoms with E-state index in [2.05, 4.69) is 10.6 Å². The monoisotopic (exact) mass is 412 g/mol. The van der Waals surface area contributed by atoms with Crippen LogP contribution >= 0.6 is 0 Å². The van der Waals surface area contributed by atoms with Gasteiger partial charge in [0.1, 0.15) is 5.82 Å². The molecule has 2 aromatic carbocycles. The number of rotatable bonds is 6. The lowest BCUT2D eigenvalue weighted by molar-refractivity contribution is -0.149. The number of aliphatic hydroxyl groups excluding tert-OH is 1. The number of aliphatic hydroxyl groups is 1. The average molecular weight is 412 g/mol. The maximum absolute atomic E-state index is 13.3. The Bertz CT molecular complexity index is 957. The van der Waals surface area contributed by atoms with Crippen LogP contribution < -0.4 is 10.6 Å². The van der Waals surface area contributed by atoms with Crippen molar-refractivity contribution >= 4 is 11.8 Å². The van der Waals surface area contributed by atoms with E-state index < -0.39 is 23.2 Å². The van der Waals surface area contributed by atoms with E-state index in [1.807, 2.05) is 31.1 Å². The van der Waals surface area contributed by atoms with E-state index in [1.165, 1.54) is 24.1 Å². The topological polar surface area (TPSA) is 84.9 Å². The average Bonchev–Trinajstić information content (AvgIpc) is 2.72. The maximum atomic E-state index is 13.3. The molecular formula is C22H25FN4O3. The van der Waals surface area contributed by atoms with Gasteiger partial charge in [-0.15, -0.1) is 0 Å². The number of likely N-dealkylation sites (N-methyl/N-ethyl adjacent to an activating group) is 1. The molecule has 1 aliphatic heterocycles. The molecule has 7 nitrogen and oxygen atoms in total. The molecule has 158 valence electrons. The summed E-state index contributed by atoms with van der Waals surface area (Å²) >= 11 is 0. The molecule has 30 heavy (non-hydrogen) atoms. The SMILES string of the molecule is CN(C)Cc1ccc(C2(C(=O)NCc3ccc(F)cc3)NC=C(O)C(=O)N2C)cc1. The molecule has 1 atom stereocenters. The van der Waals surface area contributed by atoms with Crippen LogP contribution in [-0.2, 0) is 28.3 Å². The van der Waals surface area contributed by atoms with Crippen LogP contribution in [0.15, 0.2) is 60.5 Å². The minimum atomic E-state index is -1.54. The first-order chi connectivity index (χ1) is 14.2. The van der Waals surface area contributed by atoms with Crippen LogP contribution in [0.3, 0.4) is 0 Å². The highest BCUT2D eigenvalue weighted by Crippen LogP contribution is 2.30. The number of nitrogens with zero attached hydrogens (tertiary/aromatic N) is 2.